The zero-order valence-electron chi connectivity index (χ0n) is 13.2. The lowest BCUT2D eigenvalue weighted by Crippen LogP contribution is -2.48. The summed E-state index contributed by atoms with van der Waals surface area (Å²) in [6.07, 6.45) is 5.94. The molecule has 1 amide bonds. The van der Waals surface area contributed by atoms with Crippen LogP contribution in [-0.4, -0.2) is 56.4 Å². The molecule has 23 heavy (non-hydrogen) atoms. The summed E-state index contributed by atoms with van der Waals surface area (Å²) >= 11 is 0. The second-order valence-corrected chi connectivity index (χ2v) is 8.03. The van der Waals surface area contributed by atoms with Gasteiger partial charge >= 0.3 is 0 Å². The molecule has 2 fully saturated rings. The number of nitrogens with zero attached hydrogens (tertiary/aromatic N) is 2. The highest BCUT2D eigenvalue weighted by molar-refractivity contribution is 7.89. The molecule has 0 unspecified atom stereocenters. The number of sulfonamides is 1. The van der Waals surface area contributed by atoms with E-state index in [4.69, 9.17) is 0 Å². The molecule has 0 atom stereocenters. The predicted molar refractivity (Wildman–Crippen MR) is 85.6 cm³/mol. The molecule has 0 bridgehead atoms. The first-order chi connectivity index (χ1) is 11.0. The predicted octanol–water partition coefficient (Wildman–Crippen LogP) is 0.348. The average Bonchev–Trinajstić information content (AvgIpc) is 3.12. The summed E-state index contributed by atoms with van der Waals surface area (Å²) in [5.41, 5.74) is 0.498. The molecular formula is C15H22N4O3S. The first kappa shape index (κ1) is 16.4. The van der Waals surface area contributed by atoms with E-state index in [1.165, 1.54) is 38.2 Å². The second-order valence-electron chi connectivity index (χ2n) is 6.19. The molecule has 0 saturated carbocycles. The number of amides is 1. The molecule has 8 heteroatoms. The highest BCUT2D eigenvalue weighted by Crippen LogP contribution is 2.38. The summed E-state index contributed by atoms with van der Waals surface area (Å²) in [5.74, 6) is -0.209. The fourth-order valence-corrected chi connectivity index (χ4v) is 4.29. The van der Waals surface area contributed by atoms with Gasteiger partial charge in [-0.2, -0.15) is 0 Å². The topological polar surface area (TPSA) is 91.4 Å². The molecule has 0 aromatic carbocycles. The Hall–Kier alpha value is -1.51. The molecule has 126 valence electrons. The van der Waals surface area contributed by atoms with Gasteiger partial charge in [-0.15, -0.1) is 0 Å². The molecule has 2 saturated heterocycles. The van der Waals surface area contributed by atoms with Crippen molar-refractivity contribution in [3.63, 3.8) is 0 Å². The minimum Gasteiger partial charge on any atom is -0.350 e. The largest absolute Gasteiger partial charge is 0.350 e. The first-order valence-electron chi connectivity index (χ1n) is 7.90. The van der Waals surface area contributed by atoms with Crippen molar-refractivity contribution in [2.24, 2.45) is 0 Å². The van der Waals surface area contributed by atoms with Crippen LogP contribution in [-0.2, 0) is 10.0 Å². The van der Waals surface area contributed by atoms with Crippen LogP contribution >= 0.6 is 0 Å². The van der Waals surface area contributed by atoms with Crippen molar-refractivity contribution < 1.29 is 13.2 Å². The average molecular weight is 338 g/mol. The Kier molecular flexibility index (Phi) is 4.39. The Morgan fingerprint density at radius 1 is 1.30 bits per heavy atom. The number of rotatable bonds is 5. The van der Waals surface area contributed by atoms with E-state index in [1.807, 2.05) is 0 Å². The second kappa shape index (κ2) is 6.18. The zero-order valence-corrected chi connectivity index (χ0v) is 14.0. The van der Waals surface area contributed by atoms with Crippen molar-refractivity contribution in [3.8, 4) is 0 Å². The molecule has 0 radical (unpaired) electrons. The lowest BCUT2D eigenvalue weighted by atomic mass is 9.94. The summed E-state index contributed by atoms with van der Waals surface area (Å²) < 4.78 is 25.4. The van der Waals surface area contributed by atoms with E-state index in [2.05, 4.69) is 19.9 Å². The third kappa shape index (κ3) is 3.11. The molecule has 0 aliphatic carbocycles. The molecule has 3 rings (SSSR count). The quantitative estimate of drug-likeness (QED) is 0.808. The molecular weight excluding hydrogens is 316 g/mol. The third-order valence-corrected chi connectivity index (χ3v) is 6.26. The van der Waals surface area contributed by atoms with Crippen LogP contribution in [0, 0.1) is 0 Å². The van der Waals surface area contributed by atoms with E-state index in [1.54, 1.807) is 0 Å². The zero-order chi connectivity index (χ0) is 16.5. The Bertz CT molecular complexity index is 677. The lowest BCUT2D eigenvalue weighted by Gasteiger charge is -2.32. The van der Waals surface area contributed by atoms with Crippen LogP contribution in [0.15, 0.2) is 23.4 Å². The van der Waals surface area contributed by atoms with Crippen LogP contribution in [0.4, 0.5) is 0 Å². The summed E-state index contributed by atoms with van der Waals surface area (Å²) in [4.78, 5) is 18.6. The summed E-state index contributed by atoms with van der Waals surface area (Å²) in [6.45, 7) is 2.88. The van der Waals surface area contributed by atoms with Crippen LogP contribution in [0.2, 0.25) is 0 Å². The van der Waals surface area contributed by atoms with E-state index in [0.29, 0.717) is 12.1 Å². The lowest BCUT2D eigenvalue weighted by molar-refractivity contribution is 0.0919. The van der Waals surface area contributed by atoms with Crippen LogP contribution < -0.4 is 10.0 Å². The molecule has 2 N–H and O–H groups in total. The first-order valence-corrected chi connectivity index (χ1v) is 9.38. The normalized spacial score (nSPS) is 20.4. The van der Waals surface area contributed by atoms with E-state index < -0.39 is 10.0 Å². The maximum absolute atomic E-state index is 12.3. The highest BCUT2D eigenvalue weighted by Gasteiger charge is 2.44. The molecule has 7 nitrogen and oxygen atoms in total. The van der Waals surface area contributed by atoms with Gasteiger partial charge in [-0.05, 0) is 58.0 Å². The van der Waals surface area contributed by atoms with Crippen LogP contribution in [0.1, 0.15) is 36.0 Å². The molecule has 1 aromatic heterocycles. The highest BCUT2D eigenvalue weighted by atomic mass is 32.2. The minimum absolute atomic E-state index is 0.0899. The van der Waals surface area contributed by atoms with Crippen LogP contribution in [0.25, 0.3) is 0 Å². The molecule has 1 aromatic rings. The van der Waals surface area contributed by atoms with Gasteiger partial charge in [0, 0.05) is 18.3 Å². The minimum atomic E-state index is -3.58. The number of carbonyl (C=O) groups is 1. The number of hydrogen-bond donors (Lipinski definition) is 2. The van der Waals surface area contributed by atoms with Gasteiger partial charge in [0.05, 0.1) is 5.56 Å². The summed E-state index contributed by atoms with van der Waals surface area (Å²) in [7, 11) is -2.25. The Morgan fingerprint density at radius 3 is 2.57 bits per heavy atom. The fraction of sp³-hybridized carbons (Fsp3) is 0.600. The van der Waals surface area contributed by atoms with Crippen LogP contribution in [0.5, 0.6) is 0 Å². The van der Waals surface area contributed by atoms with Gasteiger partial charge in [0.1, 0.15) is 0 Å². The monoisotopic (exact) mass is 338 g/mol. The number of hydrogen-bond acceptors (Lipinski definition) is 5. The van der Waals surface area contributed by atoms with Gasteiger partial charge in [0.25, 0.3) is 15.9 Å². The Balaban J connectivity index is 1.65. The molecule has 0 spiro atoms. The molecule has 2 aliphatic heterocycles. The van der Waals surface area contributed by atoms with Gasteiger partial charge in [-0.1, -0.05) is 0 Å². The number of nitrogens with one attached hydrogen (secondary N) is 2. The Labute approximate surface area is 136 Å². The van der Waals surface area contributed by atoms with Gasteiger partial charge in [-0.3, -0.25) is 9.69 Å². The van der Waals surface area contributed by atoms with Gasteiger partial charge < -0.3 is 5.32 Å². The van der Waals surface area contributed by atoms with Gasteiger partial charge in [0.15, 0.2) is 5.03 Å². The maximum Gasteiger partial charge on any atom is 0.257 e. The van der Waals surface area contributed by atoms with Crippen molar-refractivity contribution in [1.82, 2.24) is 19.9 Å². The van der Waals surface area contributed by atoms with E-state index in [-0.39, 0.29) is 16.5 Å². The smallest absolute Gasteiger partial charge is 0.257 e. The number of fused-ring (bicyclic) bond motifs is 1. The van der Waals surface area contributed by atoms with E-state index in [0.717, 1.165) is 25.9 Å². The maximum atomic E-state index is 12.3. The summed E-state index contributed by atoms with van der Waals surface area (Å²) in [6, 6.07) is 2.84. The fourth-order valence-electron chi connectivity index (χ4n) is 3.64. The van der Waals surface area contributed by atoms with Crippen molar-refractivity contribution in [3.05, 3.63) is 23.9 Å². The number of carbonyl (C=O) groups excluding carboxylic acids is 1. The van der Waals surface area contributed by atoms with Crippen molar-refractivity contribution in [2.75, 3.05) is 26.7 Å². The molecule has 3 heterocycles. The van der Waals surface area contributed by atoms with E-state index >= 15 is 0 Å². The number of pyridine rings is 1. The van der Waals surface area contributed by atoms with Crippen molar-refractivity contribution >= 4 is 15.9 Å². The van der Waals surface area contributed by atoms with Crippen molar-refractivity contribution in [2.45, 2.75) is 36.2 Å². The van der Waals surface area contributed by atoms with Gasteiger partial charge in [-0.25, -0.2) is 18.1 Å². The van der Waals surface area contributed by atoms with Crippen molar-refractivity contribution in [1.29, 1.82) is 0 Å². The third-order valence-electron chi connectivity index (χ3n) is 4.93. The molecule has 2 aliphatic rings. The van der Waals surface area contributed by atoms with Gasteiger partial charge in [0.2, 0.25) is 0 Å². The number of aromatic nitrogens is 1. The van der Waals surface area contributed by atoms with E-state index in [9.17, 15) is 13.2 Å². The standard InChI is InChI=1S/C15H22N4O3S/c1-16-23(21,22)13-5-4-12(10-17-13)14(20)18-11-15-6-2-8-19(15)9-3-7-15/h4-5,10,16H,2-3,6-9,11H2,1H3,(H,18,20). The Morgan fingerprint density at radius 2 is 2.00 bits per heavy atom. The van der Waals surface area contributed by atoms with Crippen LogP contribution in [0.3, 0.4) is 0 Å². The summed E-state index contributed by atoms with van der Waals surface area (Å²) in [5, 5.41) is 2.90. The SMILES string of the molecule is CNS(=O)(=O)c1ccc(C(=O)NCC23CCCN2CCC3)cn1.